The lowest BCUT2D eigenvalue weighted by molar-refractivity contribution is 0.134. The fourth-order valence-corrected chi connectivity index (χ4v) is 3.23. The predicted octanol–water partition coefficient (Wildman–Crippen LogP) is 3.91. The van der Waals surface area contributed by atoms with Crippen molar-refractivity contribution in [2.45, 2.75) is 38.8 Å². The molecule has 1 aromatic carbocycles. The molecule has 2 atom stereocenters. The van der Waals surface area contributed by atoms with Crippen molar-refractivity contribution in [2.75, 3.05) is 13.7 Å². The quantitative estimate of drug-likeness (QED) is 0.762. The van der Waals surface area contributed by atoms with E-state index in [0.29, 0.717) is 6.61 Å². The van der Waals surface area contributed by atoms with Gasteiger partial charge in [-0.1, -0.05) is 0 Å². The van der Waals surface area contributed by atoms with Gasteiger partial charge in [0.05, 0.1) is 15.0 Å². The van der Waals surface area contributed by atoms with Crippen LogP contribution in [0.25, 0.3) is 0 Å². The zero-order chi connectivity index (χ0) is 14.4. The van der Waals surface area contributed by atoms with Crippen molar-refractivity contribution in [1.82, 2.24) is 0 Å². The number of hydrogen-bond donors (Lipinski definition) is 1. The van der Waals surface area contributed by atoms with E-state index in [-0.39, 0.29) is 12.1 Å². The fraction of sp³-hybridized carbons (Fsp3) is 0.571. The van der Waals surface area contributed by atoms with Gasteiger partial charge in [-0.3, -0.25) is 0 Å². The van der Waals surface area contributed by atoms with Gasteiger partial charge < -0.3 is 15.2 Å². The zero-order valence-electron chi connectivity index (χ0n) is 11.6. The Morgan fingerprint density at radius 1 is 1.21 bits per heavy atom. The normalized spacial score (nSPS) is 14.2. The van der Waals surface area contributed by atoms with Crippen LogP contribution in [0.5, 0.6) is 5.75 Å². The molecule has 2 N–H and O–H groups in total. The molecule has 0 saturated heterocycles. The molecule has 1 rings (SSSR count). The van der Waals surface area contributed by atoms with Crippen LogP contribution < -0.4 is 10.5 Å². The maximum atomic E-state index is 5.93. The molecule has 0 heterocycles. The van der Waals surface area contributed by atoms with Crippen LogP contribution in [0.1, 0.15) is 25.8 Å². The van der Waals surface area contributed by atoms with Gasteiger partial charge in [0, 0.05) is 26.2 Å². The summed E-state index contributed by atoms with van der Waals surface area (Å²) in [5, 5.41) is 0. The number of halogens is 2. The Balaban J connectivity index is 2.79. The van der Waals surface area contributed by atoms with E-state index in [1.807, 2.05) is 13.8 Å². The monoisotopic (exact) mass is 393 g/mol. The number of ether oxygens (including phenoxy) is 2. The average Bonchev–Trinajstić information content (AvgIpc) is 2.30. The molecule has 19 heavy (non-hydrogen) atoms. The minimum Gasteiger partial charge on any atom is -0.488 e. The number of nitrogens with two attached hydrogens (primary N) is 1. The second-order valence-electron chi connectivity index (χ2n) is 4.78. The standard InChI is InChI=1S/C14H21Br2NO2/c1-9(17)6-11-7-12(15)14(13(16)8-11)19-10(2)4-5-18-3/h7-10H,4-6,17H2,1-3H3. The summed E-state index contributed by atoms with van der Waals surface area (Å²) in [6.45, 7) is 4.73. The summed E-state index contributed by atoms with van der Waals surface area (Å²) < 4.78 is 12.9. The number of benzene rings is 1. The summed E-state index contributed by atoms with van der Waals surface area (Å²) in [6, 6.07) is 4.27. The molecule has 5 heteroatoms. The maximum absolute atomic E-state index is 5.93. The molecule has 0 aliphatic carbocycles. The molecular formula is C14H21Br2NO2. The van der Waals surface area contributed by atoms with Crippen LogP contribution >= 0.6 is 31.9 Å². The van der Waals surface area contributed by atoms with Crippen molar-refractivity contribution < 1.29 is 9.47 Å². The van der Waals surface area contributed by atoms with Crippen molar-refractivity contribution in [3.8, 4) is 5.75 Å². The Kier molecular flexibility index (Phi) is 7.36. The topological polar surface area (TPSA) is 44.5 Å². The minimum absolute atomic E-state index is 0.104. The van der Waals surface area contributed by atoms with Crippen LogP contribution in [0.4, 0.5) is 0 Å². The lowest BCUT2D eigenvalue weighted by Gasteiger charge is -2.18. The highest BCUT2D eigenvalue weighted by Gasteiger charge is 2.13. The largest absolute Gasteiger partial charge is 0.488 e. The van der Waals surface area contributed by atoms with E-state index in [1.54, 1.807) is 7.11 Å². The first-order chi connectivity index (χ1) is 8.93. The van der Waals surface area contributed by atoms with Gasteiger partial charge in [0.2, 0.25) is 0 Å². The van der Waals surface area contributed by atoms with E-state index >= 15 is 0 Å². The molecule has 0 radical (unpaired) electrons. The Hall–Kier alpha value is -0.100. The van der Waals surface area contributed by atoms with Gasteiger partial charge in [0.15, 0.2) is 0 Å². The number of rotatable bonds is 7. The minimum atomic E-state index is 0.104. The Morgan fingerprint density at radius 2 is 1.79 bits per heavy atom. The Labute approximate surface area is 132 Å². The second kappa shape index (κ2) is 8.25. The zero-order valence-corrected chi connectivity index (χ0v) is 14.8. The number of hydrogen-bond acceptors (Lipinski definition) is 3. The SMILES string of the molecule is COCCC(C)Oc1c(Br)cc(CC(C)N)cc1Br. The smallest absolute Gasteiger partial charge is 0.148 e. The van der Waals surface area contributed by atoms with E-state index < -0.39 is 0 Å². The summed E-state index contributed by atoms with van der Waals surface area (Å²) in [4.78, 5) is 0. The summed E-state index contributed by atoms with van der Waals surface area (Å²) in [6.07, 6.45) is 1.81. The molecule has 0 aliphatic heterocycles. The molecule has 108 valence electrons. The van der Waals surface area contributed by atoms with Gasteiger partial charge in [-0.2, -0.15) is 0 Å². The van der Waals surface area contributed by atoms with E-state index in [1.165, 1.54) is 5.56 Å². The highest BCUT2D eigenvalue weighted by Crippen LogP contribution is 2.36. The van der Waals surface area contributed by atoms with Gasteiger partial charge in [0.1, 0.15) is 5.75 Å². The summed E-state index contributed by atoms with van der Waals surface area (Å²) in [7, 11) is 1.70. The third-order valence-electron chi connectivity index (χ3n) is 2.66. The molecular weight excluding hydrogens is 374 g/mol. The predicted molar refractivity (Wildman–Crippen MR) is 85.8 cm³/mol. The van der Waals surface area contributed by atoms with Crippen LogP contribution in [0, 0.1) is 0 Å². The van der Waals surface area contributed by atoms with Crippen molar-refractivity contribution in [2.24, 2.45) is 5.73 Å². The maximum Gasteiger partial charge on any atom is 0.148 e. The van der Waals surface area contributed by atoms with Crippen molar-refractivity contribution >= 4 is 31.9 Å². The van der Waals surface area contributed by atoms with Crippen LogP contribution in [0.15, 0.2) is 21.1 Å². The lowest BCUT2D eigenvalue weighted by Crippen LogP contribution is -2.18. The van der Waals surface area contributed by atoms with Crippen molar-refractivity contribution in [1.29, 1.82) is 0 Å². The van der Waals surface area contributed by atoms with E-state index in [0.717, 1.165) is 27.5 Å². The van der Waals surface area contributed by atoms with Gasteiger partial charge in [-0.25, -0.2) is 0 Å². The first kappa shape index (κ1) is 17.0. The Morgan fingerprint density at radius 3 is 2.26 bits per heavy atom. The first-order valence-corrected chi connectivity index (χ1v) is 7.91. The third-order valence-corrected chi connectivity index (χ3v) is 3.84. The number of methoxy groups -OCH3 is 1. The molecule has 0 fully saturated rings. The lowest BCUT2D eigenvalue weighted by atomic mass is 10.1. The van der Waals surface area contributed by atoms with E-state index in [9.17, 15) is 0 Å². The van der Waals surface area contributed by atoms with Crippen LogP contribution in [0.2, 0.25) is 0 Å². The third kappa shape index (κ3) is 5.81. The molecule has 0 aliphatic rings. The molecule has 0 spiro atoms. The first-order valence-electron chi connectivity index (χ1n) is 6.33. The molecule has 1 aromatic rings. The molecule has 0 amide bonds. The molecule has 2 unspecified atom stereocenters. The van der Waals surface area contributed by atoms with Crippen molar-refractivity contribution in [3.05, 3.63) is 26.6 Å². The molecule has 3 nitrogen and oxygen atoms in total. The van der Waals surface area contributed by atoms with E-state index in [4.69, 9.17) is 15.2 Å². The summed E-state index contributed by atoms with van der Waals surface area (Å²) in [5.74, 6) is 0.831. The molecule has 0 bridgehead atoms. The molecule has 0 saturated carbocycles. The second-order valence-corrected chi connectivity index (χ2v) is 6.49. The van der Waals surface area contributed by atoms with Crippen LogP contribution in [0.3, 0.4) is 0 Å². The van der Waals surface area contributed by atoms with Gasteiger partial charge in [-0.05, 0) is 69.8 Å². The summed E-state index contributed by atoms with van der Waals surface area (Å²) >= 11 is 7.11. The highest BCUT2D eigenvalue weighted by atomic mass is 79.9. The van der Waals surface area contributed by atoms with Crippen LogP contribution in [-0.4, -0.2) is 25.9 Å². The van der Waals surface area contributed by atoms with Gasteiger partial charge >= 0.3 is 0 Å². The van der Waals surface area contributed by atoms with Crippen molar-refractivity contribution in [3.63, 3.8) is 0 Å². The average molecular weight is 395 g/mol. The van der Waals surface area contributed by atoms with Crippen LogP contribution in [-0.2, 0) is 11.2 Å². The van der Waals surface area contributed by atoms with E-state index in [2.05, 4.69) is 44.0 Å². The van der Waals surface area contributed by atoms with Gasteiger partial charge in [0.25, 0.3) is 0 Å². The van der Waals surface area contributed by atoms with Gasteiger partial charge in [-0.15, -0.1) is 0 Å². The Bertz CT molecular complexity index is 387. The molecule has 0 aromatic heterocycles. The highest BCUT2D eigenvalue weighted by molar-refractivity contribution is 9.11. The fourth-order valence-electron chi connectivity index (χ4n) is 1.76. The summed E-state index contributed by atoms with van der Waals surface area (Å²) in [5.41, 5.74) is 7.01.